The number of rotatable bonds is 5. The number of likely N-dealkylation sites (N-methyl/N-ethyl adjacent to an activating group) is 1. The van der Waals surface area contributed by atoms with Crippen molar-refractivity contribution in [2.75, 3.05) is 13.6 Å². The van der Waals surface area contributed by atoms with Crippen LogP contribution in [0.4, 0.5) is 4.79 Å². The van der Waals surface area contributed by atoms with Crippen molar-refractivity contribution in [3.05, 3.63) is 83.1 Å². The zero-order chi connectivity index (χ0) is 22.3. The van der Waals surface area contributed by atoms with E-state index in [1.807, 2.05) is 30.4 Å². The first-order valence-electron chi connectivity index (χ1n) is 10.6. The summed E-state index contributed by atoms with van der Waals surface area (Å²) < 4.78 is 0. The molecule has 3 N–H and O–H groups in total. The number of urea groups is 1. The lowest BCUT2D eigenvalue weighted by atomic mass is 9.95. The first-order chi connectivity index (χ1) is 15.4. The quantitative estimate of drug-likeness (QED) is 0.639. The number of fused-ring (bicyclic) bond motifs is 2. The van der Waals surface area contributed by atoms with Crippen LogP contribution in [-0.2, 0) is 16.1 Å². The van der Waals surface area contributed by atoms with Crippen molar-refractivity contribution in [3.63, 3.8) is 0 Å². The Balaban J connectivity index is 1.17. The predicted octanol–water partition coefficient (Wildman–Crippen LogP) is 2.51. The minimum absolute atomic E-state index is 0.125. The largest absolute Gasteiger partial charge is 0.325 e. The van der Waals surface area contributed by atoms with Gasteiger partial charge in [-0.1, -0.05) is 42.5 Å². The molecule has 0 radical (unpaired) electrons. The molecule has 7 nitrogen and oxygen atoms in total. The fourth-order valence-corrected chi connectivity index (χ4v) is 4.58. The fourth-order valence-electron chi connectivity index (χ4n) is 4.58. The van der Waals surface area contributed by atoms with Gasteiger partial charge in [-0.05, 0) is 52.1 Å². The highest BCUT2D eigenvalue weighted by molar-refractivity contribution is 6.09. The van der Waals surface area contributed by atoms with Gasteiger partial charge in [0.05, 0.1) is 6.54 Å². The molecule has 1 fully saturated rings. The zero-order valence-electron chi connectivity index (χ0n) is 17.8. The van der Waals surface area contributed by atoms with E-state index >= 15 is 0 Å². The molecule has 4 amide bonds. The molecule has 32 heavy (non-hydrogen) atoms. The van der Waals surface area contributed by atoms with E-state index < -0.39 is 5.54 Å². The Morgan fingerprint density at radius 1 is 1.12 bits per heavy atom. The number of carbonyl (C=O) groups excluding carboxylic acids is 3. The number of amides is 4. The van der Waals surface area contributed by atoms with Crippen LogP contribution in [0.5, 0.6) is 0 Å². The van der Waals surface area contributed by atoms with Crippen molar-refractivity contribution in [3.8, 4) is 0 Å². The Labute approximate surface area is 185 Å². The van der Waals surface area contributed by atoms with E-state index in [1.165, 1.54) is 15.7 Å². The van der Waals surface area contributed by atoms with Gasteiger partial charge in [0.25, 0.3) is 5.91 Å². The molecule has 0 aromatic heterocycles. The molecule has 1 unspecified atom stereocenters. The summed E-state index contributed by atoms with van der Waals surface area (Å²) in [4.78, 5) is 38.2. The van der Waals surface area contributed by atoms with Gasteiger partial charge in [0.15, 0.2) is 0 Å². The second kappa shape index (κ2) is 7.76. The van der Waals surface area contributed by atoms with Crippen LogP contribution in [0.2, 0.25) is 0 Å². The smallest absolute Gasteiger partial charge is 0.325 e. The van der Waals surface area contributed by atoms with Gasteiger partial charge in [-0.15, -0.1) is 0 Å². The Kier molecular flexibility index (Phi) is 4.90. The summed E-state index contributed by atoms with van der Waals surface area (Å²) in [6.07, 6.45) is 6.74. The van der Waals surface area contributed by atoms with Gasteiger partial charge in [-0.25, -0.2) is 4.79 Å². The molecule has 5 rings (SSSR count). The number of nitrogens with one attached hydrogen (secondary N) is 3. The molecular formula is C25H24N4O3. The van der Waals surface area contributed by atoms with Crippen LogP contribution in [0.25, 0.3) is 10.8 Å². The van der Waals surface area contributed by atoms with Crippen molar-refractivity contribution < 1.29 is 14.4 Å². The minimum Gasteiger partial charge on any atom is -0.325 e. The molecule has 7 heteroatoms. The highest BCUT2D eigenvalue weighted by atomic mass is 16.2. The van der Waals surface area contributed by atoms with Gasteiger partial charge in [-0.3, -0.25) is 14.9 Å². The molecule has 0 bridgehead atoms. The summed E-state index contributed by atoms with van der Waals surface area (Å²) in [5, 5.41) is 10.9. The average molecular weight is 428 g/mol. The maximum atomic E-state index is 12.4. The van der Waals surface area contributed by atoms with Crippen molar-refractivity contribution >= 4 is 28.6 Å². The molecule has 1 aliphatic heterocycles. The minimum atomic E-state index is -0.951. The lowest BCUT2D eigenvalue weighted by molar-refractivity contribution is -0.124. The summed E-state index contributed by atoms with van der Waals surface area (Å²) in [5.41, 5.74) is 2.89. The lowest BCUT2D eigenvalue weighted by Crippen LogP contribution is -2.44. The first-order valence-corrected chi connectivity index (χ1v) is 10.6. The molecule has 1 atom stereocenters. The highest BCUT2D eigenvalue weighted by Gasteiger charge is 2.53. The van der Waals surface area contributed by atoms with E-state index in [4.69, 9.17) is 0 Å². The molecular weight excluding hydrogens is 404 g/mol. The number of allylic oxidation sites excluding steroid dienone is 3. The molecule has 2 aromatic rings. The van der Waals surface area contributed by atoms with Crippen LogP contribution in [0, 0.1) is 0 Å². The van der Waals surface area contributed by atoms with Crippen molar-refractivity contribution in [1.82, 2.24) is 20.9 Å². The van der Waals surface area contributed by atoms with E-state index in [9.17, 15) is 14.4 Å². The standard InChI is InChI=1S/C25H24N4O3/c1-29-24(32)28-23(31)25(29)12-19-8-9-21(11-20(19)13-25)27-22(30)15-26-14-16-6-7-17-4-2-3-5-18(17)10-16/h2-7,9-12,26H,8,13-15H2,1H3,(H,27,30)(H,28,31,32). The molecule has 0 saturated carbocycles. The van der Waals surface area contributed by atoms with E-state index in [-0.39, 0.29) is 24.4 Å². The molecule has 1 heterocycles. The number of carbonyl (C=O) groups is 3. The molecule has 162 valence electrons. The van der Waals surface area contributed by atoms with E-state index in [1.54, 1.807) is 7.05 Å². The summed E-state index contributed by atoms with van der Waals surface area (Å²) in [6, 6.07) is 14.1. The summed E-state index contributed by atoms with van der Waals surface area (Å²) in [5.74, 6) is -0.420. The topological polar surface area (TPSA) is 90.5 Å². The average Bonchev–Trinajstić information content (AvgIpc) is 3.26. The molecule has 2 aromatic carbocycles. The lowest BCUT2D eigenvalue weighted by Gasteiger charge is -2.26. The number of hydrogen-bond acceptors (Lipinski definition) is 4. The monoisotopic (exact) mass is 428 g/mol. The van der Waals surface area contributed by atoms with Gasteiger partial charge in [0.1, 0.15) is 5.54 Å². The summed E-state index contributed by atoms with van der Waals surface area (Å²) >= 11 is 0. The normalized spacial score (nSPS) is 21.9. The fraction of sp³-hybridized carbons (Fsp3) is 0.240. The number of hydrogen-bond donors (Lipinski definition) is 3. The van der Waals surface area contributed by atoms with Crippen molar-refractivity contribution in [1.29, 1.82) is 0 Å². The number of nitrogens with zero attached hydrogens (tertiary/aromatic N) is 1. The Bertz CT molecular complexity index is 1240. The van der Waals surface area contributed by atoms with E-state index in [2.05, 4.69) is 46.3 Å². The third-order valence-electron chi connectivity index (χ3n) is 6.39. The van der Waals surface area contributed by atoms with Crippen molar-refractivity contribution in [2.45, 2.75) is 24.9 Å². The van der Waals surface area contributed by atoms with Crippen LogP contribution in [0.3, 0.4) is 0 Å². The second-order valence-corrected chi connectivity index (χ2v) is 8.46. The number of imide groups is 1. The van der Waals surface area contributed by atoms with Gasteiger partial charge in [0, 0.05) is 25.7 Å². The zero-order valence-corrected chi connectivity index (χ0v) is 17.8. The second-order valence-electron chi connectivity index (χ2n) is 8.46. The molecule has 2 aliphatic carbocycles. The van der Waals surface area contributed by atoms with Crippen LogP contribution < -0.4 is 16.0 Å². The van der Waals surface area contributed by atoms with Gasteiger partial charge in [0.2, 0.25) is 5.91 Å². The number of benzene rings is 2. The third-order valence-corrected chi connectivity index (χ3v) is 6.39. The maximum absolute atomic E-state index is 12.4. The Hall–Kier alpha value is -3.71. The van der Waals surface area contributed by atoms with Crippen molar-refractivity contribution in [2.24, 2.45) is 0 Å². The third kappa shape index (κ3) is 3.50. The van der Waals surface area contributed by atoms with E-state index in [0.29, 0.717) is 19.4 Å². The van der Waals surface area contributed by atoms with Crippen LogP contribution >= 0.6 is 0 Å². The van der Waals surface area contributed by atoms with Gasteiger partial charge in [-0.2, -0.15) is 0 Å². The van der Waals surface area contributed by atoms with E-state index in [0.717, 1.165) is 22.4 Å². The van der Waals surface area contributed by atoms with Gasteiger partial charge < -0.3 is 15.5 Å². The SMILES string of the molecule is CN1C(=O)NC(=O)C12C=C1CC=C(NC(=O)CNCc3ccc4ccccc4c3)C=C1C2. The molecule has 1 saturated heterocycles. The Morgan fingerprint density at radius 2 is 1.94 bits per heavy atom. The van der Waals surface area contributed by atoms with Crippen LogP contribution in [0.15, 0.2) is 77.5 Å². The summed E-state index contributed by atoms with van der Waals surface area (Å²) in [6.45, 7) is 0.795. The molecule has 3 aliphatic rings. The predicted molar refractivity (Wildman–Crippen MR) is 121 cm³/mol. The maximum Gasteiger partial charge on any atom is 0.325 e. The first kappa shape index (κ1) is 20.2. The Morgan fingerprint density at radius 3 is 2.72 bits per heavy atom. The van der Waals surface area contributed by atoms with Crippen LogP contribution in [0.1, 0.15) is 18.4 Å². The highest BCUT2D eigenvalue weighted by Crippen LogP contribution is 2.42. The van der Waals surface area contributed by atoms with Gasteiger partial charge >= 0.3 is 6.03 Å². The summed E-state index contributed by atoms with van der Waals surface area (Å²) in [7, 11) is 1.63. The van der Waals surface area contributed by atoms with Crippen LogP contribution in [-0.4, -0.2) is 41.9 Å². The molecule has 1 spiro atoms.